The Hall–Kier alpha value is -3.57. The third kappa shape index (κ3) is 6.27. The van der Waals surface area contributed by atoms with Gasteiger partial charge in [-0.3, -0.25) is 19.7 Å². The smallest absolute Gasteiger partial charge is 0.307 e. The summed E-state index contributed by atoms with van der Waals surface area (Å²) in [7, 11) is 2.88. The molecule has 1 unspecified atom stereocenters. The number of nitrogens with one attached hydrogen (secondary N) is 2. The number of fused-ring (bicyclic) bond motifs is 1. The summed E-state index contributed by atoms with van der Waals surface area (Å²) in [4.78, 5) is 38.4. The van der Waals surface area contributed by atoms with Crippen molar-refractivity contribution in [3.8, 4) is 5.75 Å². The minimum absolute atomic E-state index is 0.0209. The molecule has 10 nitrogen and oxygen atoms in total. The number of rotatable bonds is 11. The molecule has 3 rings (SSSR count). The van der Waals surface area contributed by atoms with Gasteiger partial charge in [0.05, 0.1) is 32.2 Å². The zero-order valence-electron chi connectivity index (χ0n) is 18.7. The van der Waals surface area contributed by atoms with Crippen molar-refractivity contribution in [1.29, 1.82) is 0 Å². The van der Waals surface area contributed by atoms with Crippen LogP contribution in [0.5, 0.6) is 5.75 Å². The molecule has 1 heterocycles. The van der Waals surface area contributed by atoms with Crippen LogP contribution < -0.4 is 10.1 Å². The van der Waals surface area contributed by atoms with Crippen molar-refractivity contribution in [1.82, 2.24) is 10.3 Å². The maximum Gasteiger partial charge on any atom is 0.307 e. The normalized spacial score (nSPS) is 11.7. The number of hydrogen-bond donors (Lipinski definition) is 3. The van der Waals surface area contributed by atoms with Crippen LogP contribution in [-0.2, 0) is 21.9 Å². The lowest BCUT2D eigenvalue weighted by molar-refractivity contribution is -0.383. The maximum atomic E-state index is 12.9. The molecule has 1 aromatic heterocycles. The molecule has 3 aromatic rings. The number of thioether (sulfide) groups is 1. The number of nitrogens with zero attached hydrogens (tertiary/aromatic N) is 1. The largest absolute Gasteiger partial charge is 0.497 e. The van der Waals surface area contributed by atoms with Crippen LogP contribution in [0.25, 0.3) is 10.9 Å². The second-order valence-corrected chi connectivity index (χ2v) is 8.52. The van der Waals surface area contributed by atoms with E-state index in [-0.39, 0.29) is 29.9 Å². The highest BCUT2D eigenvalue weighted by molar-refractivity contribution is 7.98. The molecule has 1 amide bonds. The fourth-order valence-corrected chi connectivity index (χ4v) is 4.41. The number of aliphatic hydroxyl groups excluding tert-OH is 1. The van der Waals surface area contributed by atoms with E-state index >= 15 is 0 Å². The molecule has 1 atom stereocenters. The van der Waals surface area contributed by atoms with E-state index < -0.39 is 22.8 Å². The Balaban J connectivity index is 1.72. The van der Waals surface area contributed by atoms with E-state index in [1.807, 2.05) is 24.3 Å². The Kier molecular flexibility index (Phi) is 8.50. The minimum atomic E-state index is -0.574. The number of aliphatic hydroxyl groups is 1. The third-order valence-corrected chi connectivity index (χ3v) is 6.29. The predicted octanol–water partition coefficient (Wildman–Crippen LogP) is 3.17. The van der Waals surface area contributed by atoms with Gasteiger partial charge in [-0.2, -0.15) is 11.8 Å². The van der Waals surface area contributed by atoms with Crippen molar-refractivity contribution in [2.45, 2.75) is 24.8 Å². The summed E-state index contributed by atoms with van der Waals surface area (Å²) >= 11 is 1.54. The number of carbonyl (C=O) groups is 2. The van der Waals surface area contributed by atoms with Crippen LogP contribution in [0.1, 0.15) is 28.0 Å². The first-order valence-electron chi connectivity index (χ1n) is 10.3. The van der Waals surface area contributed by atoms with Crippen LogP contribution in [0.15, 0.2) is 42.5 Å². The molecule has 0 fully saturated rings. The highest BCUT2D eigenvalue weighted by Gasteiger charge is 2.22. The lowest BCUT2D eigenvalue weighted by Gasteiger charge is -2.17. The molecular formula is C23H25N3O7S. The first-order valence-corrected chi connectivity index (χ1v) is 11.5. The second kappa shape index (κ2) is 11.5. The summed E-state index contributed by atoms with van der Waals surface area (Å²) in [6.45, 7) is -0.365. The number of benzene rings is 2. The van der Waals surface area contributed by atoms with E-state index in [4.69, 9.17) is 9.47 Å². The number of aromatic nitrogens is 1. The summed E-state index contributed by atoms with van der Waals surface area (Å²) in [5.41, 5.74) is 1.50. The van der Waals surface area contributed by atoms with Crippen molar-refractivity contribution in [2.24, 2.45) is 0 Å². The van der Waals surface area contributed by atoms with Gasteiger partial charge in [-0.15, -0.1) is 0 Å². The first kappa shape index (κ1) is 25.1. The number of carbonyl (C=O) groups excluding carboxylic acids is 2. The van der Waals surface area contributed by atoms with E-state index in [9.17, 15) is 24.8 Å². The highest BCUT2D eigenvalue weighted by atomic mass is 32.2. The molecule has 0 aliphatic rings. The Labute approximate surface area is 199 Å². The van der Waals surface area contributed by atoms with E-state index in [0.717, 1.165) is 11.3 Å². The lowest BCUT2D eigenvalue weighted by atomic mass is 10.1. The summed E-state index contributed by atoms with van der Waals surface area (Å²) < 4.78 is 9.90. The lowest BCUT2D eigenvalue weighted by Crippen LogP contribution is -2.38. The van der Waals surface area contributed by atoms with Gasteiger partial charge >= 0.3 is 5.97 Å². The number of aromatic amines is 1. The van der Waals surface area contributed by atoms with Gasteiger partial charge in [-0.25, -0.2) is 0 Å². The highest BCUT2D eigenvalue weighted by Crippen LogP contribution is 2.28. The van der Waals surface area contributed by atoms with Gasteiger partial charge in [0, 0.05) is 29.0 Å². The molecule has 3 N–H and O–H groups in total. The second-order valence-electron chi connectivity index (χ2n) is 7.49. The number of hydrogen-bond acceptors (Lipinski definition) is 8. The molecule has 0 aliphatic carbocycles. The summed E-state index contributed by atoms with van der Waals surface area (Å²) in [5.74, 6) is 0.904. The van der Waals surface area contributed by atoms with E-state index in [0.29, 0.717) is 22.5 Å². The molecule has 0 saturated carbocycles. The van der Waals surface area contributed by atoms with E-state index in [1.54, 1.807) is 24.9 Å². The predicted molar refractivity (Wildman–Crippen MR) is 128 cm³/mol. The molecule has 180 valence electrons. The first-order chi connectivity index (χ1) is 16.3. The molecule has 0 bridgehead atoms. The van der Waals surface area contributed by atoms with E-state index in [2.05, 4.69) is 10.3 Å². The topological polar surface area (TPSA) is 144 Å². The summed E-state index contributed by atoms with van der Waals surface area (Å²) in [5, 5.41) is 24.0. The van der Waals surface area contributed by atoms with Gasteiger partial charge in [0.2, 0.25) is 0 Å². The number of esters is 1. The average Bonchev–Trinajstić information content (AvgIpc) is 3.27. The SMILES string of the molecule is COC(=O)CC(CSCc1ccc(OC)cc1)NC(=O)c1cc2cc(CO)cc([N+](=O)[O-])c2[nH]1. The Morgan fingerprint density at radius 1 is 1.18 bits per heavy atom. The monoisotopic (exact) mass is 487 g/mol. The standard InChI is InChI=1S/C23H25N3O7S/c1-32-18-5-3-14(4-6-18)12-34-13-17(10-21(28)33-2)24-23(29)19-9-16-7-15(11-27)8-20(26(30)31)22(16)25-19/h3-9,17,25,27H,10-13H2,1-2H3,(H,24,29). The minimum Gasteiger partial charge on any atom is -0.497 e. The van der Waals surface area contributed by atoms with Crippen molar-refractivity contribution in [3.63, 3.8) is 0 Å². The van der Waals surface area contributed by atoms with Crippen LogP contribution in [0, 0.1) is 10.1 Å². The number of H-pyrrole nitrogens is 1. The zero-order valence-corrected chi connectivity index (χ0v) is 19.5. The van der Waals surface area contributed by atoms with Gasteiger partial charge in [-0.1, -0.05) is 12.1 Å². The van der Waals surface area contributed by atoms with Crippen LogP contribution in [0.4, 0.5) is 5.69 Å². The molecular weight excluding hydrogens is 462 g/mol. The molecule has 0 radical (unpaired) electrons. The van der Waals surface area contributed by atoms with Gasteiger partial charge in [-0.05, 0) is 35.4 Å². The fourth-order valence-electron chi connectivity index (χ4n) is 3.38. The quantitative estimate of drug-likeness (QED) is 0.213. The van der Waals surface area contributed by atoms with Gasteiger partial charge in [0.25, 0.3) is 11.6 Å². The number of methoxy groups -OCH3 is 2. The number of non-ortho nitro benzene ring substituents is 1. The Bertz CT molecular complexity index is 1180. The zero-order chi connectivity index (χ0) is 24.7. The number of nitro benzene ring substituents is 1. The third-order valence-electron chi connectivity index (χ3n) is 5.11. The maximum absolute atomic E-state index is 12.9. The summed E-state index contributed by atoms with van der Waals surface area (Å²) in [6.07, 6.45) is -0.0209. The Morgan fingerprint density at radius 3 is 2.53 bits per heavy atom. The van der Waals surface area contributed by atoms with Crippen molar-refractivity contribution >= 4 is 40.2 Å². The van der Waals surface area contributed by atoms with Gasteiger partial charge < -0.3 is 24.9 Å². The average molecular weight is 488 g/mol. The molecule has 2 aromatic carbocycles. The van der Waals surface area contributed by atoms with Gasteiger partial charge in [0.1, 0.15) is 17.0 Å². The fraction of sp³-hybridized carbons (Fsp3) is 0.304. The van der Waals surface area contributed by atoms with Crippen molar-refractivity contribution < 1.29 is 29.1 Å². The molecule has 0 spiro atoms. The molecule has 34 heavy (non-hydrogen) atoms. The van der Waals surface area contributed by atoms with E-state index in [1.165, 1.54) is 19.2 Å². The van der Waals surface area contributed by atoms with Crippen molar-refractivity contribution in [2.75, 3.05) is 20.0 Å². The Morgan fingerprint density at radius 2 is 1.91 bits per heavy atom. The van der Waals surface area contributed by atoms with Crippen LogP contribution in [-0.4, -0.2) is 52.9 Å². The van der Waals surface area contributed by atoms with Gasteiger partial charge in [0.15, 0.2) is 0 Å². The number of amides is 1. The van der Waals surface area contributed by atoms with Crippen LogP contribution in [0.2, 0.25) is 0 Å². The van der Waals surface area contributed by atoms with Crippen LogP contribution >= 0.6 is 11.8 Å². The summed E-state index contributed by atoms with van der Waals surface area (Å²) in [6, 6.07) is 11.4. The van der Waals surface area contributed by atoms with Crippen molar-refractivity contribution in [3.05, 3.63) is 69.4 Å². The number of ether oxygens (including phenoxy) is 2. The van der Waals surface area contributed by atoms with Crippen LogP contribution in [0.3, 0.4) is 0 Å². The number of nitro groups is 1. The molecule has 0 saturated heterocycles. The molecule has 11 heteroatoms. The molecule has 0 aliphatic heterocycles.